The van der Waals surface area contributed by atoms with E-state index in [1.807, 2.05) is 35.8 Å². The molecule has 0 bridgehead atoms. The molecule has 1 aliphatic rings. The molecule has 3 rings (SSSR count). The van der Waals surface area contributed by atoms with Crippen LogP contribution in [0.3, 0.4) is 0 Å². The molecule has 0 saturated carbocycles. The van der Waals surface area contributed by atoms with Gasteiger partial charge >= 0.3 is 6.09 Å². The second-order valence-corrected chi connectivity index (χ2v) is 7.07. The first-order chi connectivity index (χ1) is 13.1. The van der Waals surface area contributed by atoms with Gasteiger partial charge in [-0.25, -0.2) is 4.79 Å². The summed E-state index contributed by atoms with van der Waals surface area (Å²) in [6, 6.07) is 7.97. The molecular weight excluding hydrogens is 366 g/mol. The first-order valence-corrected chi connectivity index (χ1v) is 9.87. The van der Waals surface area contributed by atoms with Crippen molar-refractivity contribution in [1.82, 2.24) is 24.6 Å². The second kappa shape index (κ2) is 8.90. The number of nitrogens with zero attached hydrogens (tertiary/aromatic N) is 5. The molecule has 1 aromatic heterocycles. The number of ether oxygens (including phenoxy) is 1. The van der Waals surface area contributed by atoms with Gasteiger partial charge in [0, 0.05) is 26.2 Å². The highest BCUT2D eigenvalue weighted by atomic mass is 32.2. The van der Waals surface area contributed by atoms with Crippen molar-refractivity contribution < 1.29 is 14.3 Å². The van der Waals surface area contributed by atoms with Crippen LogP contribution < -0.4 is 0 Å². The zero-order valence-electron chi connectivity index (χ0n) is 15.5. The number of aromatic nitrogens is 3. The molecule has 1 aromatic carbocycles. The predicted molar refractivity (Wildman–Crippen MR) is 102 cm³/mol. The fraction of sp³-hybridized carbons (Fsp3) is 0.444. The molecule has 144 valence electrons. The van der Waals surface area contributed by atoms with Crippen LogP contribution >= 0.6 is 11.8 Å². The highest BCUT2D eigenvalue weighted by Crippen LogP contribution is 2.22. The summed E-state index contributed by atoms with van der Waals surface area (Å²) in [6.07, 6.45) is 1.35. The Morgan fingerprint density at radius 3 is 2.56 bits per heavy atom. The van der Waals surface area contributed by atoms with Gasteiger partial charge in [-0.3, -0.25) is 9.36 Å². The first-order valence-electron chi connectivity index (χ1n) is 8.88. The molecule has 9 heteroatoms. The molecule has 27 heavy (non-hydrogen) atoms. The average Bonchev–Trinajstić information content (AvgIpc) is 3.15. The third-order valence-corrected chi connectivity index (χ3v) is 5.30. The van der Waals surface area contributed by atoms with Gasteiger partial charge in [-0.2, -0.15) is 0 Å². The first kappa shape index (κ1) is 19.2. The number of para-hydroxylation sites is 1. The maximum Gasteiger partial charge on any atom is 0.409 e. The lowest BCUT2D eigenvalue weighted by molar-refractivity contribution is -0.129. The number of piperazine rings is 1. The van der Waals surface area contributed by atoms with Gasteiger partial charge in [0.05, 0.1) is 18.0 Å². The standard InChI is InChI=1S/C18H23N5O3S/c1-3-26-18(25)22-10-8-21(9-11-22)16(24)12-27-17-20-19-13-23(17)15-7-5-4-6-14(15)2/h4-7,13H,3,8-12H2,1-2H3. The minimum atomic E-state index is -0.315. The maximum atomic E-state index is 12.5. The monoisotopic (exact) mass is 389 g/mol. The third kappa shape index (κ3) is 4.60. The second-order valence-electron chi connectivity index (χ2n) is 6.13. The van der Waals surface area contributed by atoms with Gasteiger partial charge in [0.2, 0.25) is 5.91 Å². The van der Waals surface area contributed by atoms with Crippen molar-refractivity contribution in [2.75, 3.05) is 38.5 Å². The van der Waals surface area contributed by atoms with Crippen LogP contribution in [0.4, 0.5) is 4.79 Å². The molecule has 0 unspecified atom stereocenters. The van der Waals surface area contributed by atoms with Crippen LogP contribution in [-0.4, -0.2) is 75.1 Å². The van der Waals surface area contributed by atoms with Gasteiger partial charge < -0.3 is 14.5 Å². The molecule has 2 heterocycles. The molecule has 8 nitrogen and oxygen atoms in total. The van der Waals surface area contributed by atoms with Crippen LogP contribution in [0.2, 0.25) is 0 Å². The molecule has 2 amide bonds. The number of benzene rings is 1. The molecule has 0 aliphatic carbocycles. The Bertz CT molecular complexity index is 802. The molecular formula is C18H23N5O3S. The van der Waals surface area contributed by atoms with Crippen LogP contribution in [0.15, 0.2) is 35.7 Å². The molecule has 0 atom stereocenters. The van der Waals surface area contributed by atoms with Gasteiger partial charge in [0.25, 0.3) is 0 Å². The van der Waals surface area contributed by atoms with Crippen molar-refractivity contribution in [3.63, 3.8) is 0 Å². The highest BCUT2D eigenvalue weighted by molar-refractivity contribution is 7.99. The summed E-state index contributed by atoms with van der Waals surface area (Å²) in [6.45, 7) is 6.19. The highest BCUT2D eigenvalue weighted by Gasteiger charge is 2.25. The number of thioether (sulfide) groups is 1. The van der Waals surface area contributed by atoms with E-state index < -0.39 is 0 Å². The van der Waals surface area contributed by atoms with E-state index >= 15 is 0 Å². The molecule has 1 fully saturated rings. The number of hydrogen-bond acceptors (Lipinski definition) is 6. The zero-order valence-corrected chi connectivity index (χ0v) is 16.3. The van der Waals surface area contributed by atoms with Crippen LogP contribution in [0.25, 0.3) is 5.69 Å². The Kier molecular flexibility index (Phi) is 6.33. The van der Waals surface area contributed by atoms with E-state index in [0.717, 1.165) is 11.3 Å². The van der Waals surface area contributed by atoms with E-state index in [9.17, 15) is 9.59 Å². The SMILES string of the molecule is CCOC(=O)N1CCN(C(=O)CSc2nncn2-c2ccccc2C)CC1. The van der Waals surface area contributed by atoms with Gasteiger partial charge in [0.1, 0.15) is 6.33 Å². The molecule has 2 aromatic rings. The molecule has 0 N–H and O–H groups in total. The Balaban J connectivity index is 1.55. The number of hydrogen-bond donors (Lipinski definition) is 0. The van der Waals surface area contributed by atoms with Gasteiger partial charge in [-0.1, -0.05) is 30.0 Å². The van der Waals surface area contributed by atoms with Gasteiger partial charge in [-0.05, 0) is 25.5 Å². The van der Waals surface area contributed by atoms with Gasteiger partial charge in [0.15, 0.2) is 5.16 Å². The maximum absolute atomic E-state index is 12.5. The third-order valence-electron chi connectivity index (χ3n) is 4.37. The normalized spacial score (nSPS) is 14.3. The van der Waals surface area contributed by atoms with E-state index in [2.05, 4.69) is 10.2 Å². The van der Waals surface area contributed by atoms with Crippen molar-refractivity contribution in [3.8, 4) is 5.69 Å². The van der Waals surface area contributed by atoms with E-state index in [-0.39, 0.29) is 17.8 Å². The number of carbonyl (C=O) groups is 2. The summed E-state index contributed by atoms with van der Waals surface area (Å²) in [4.78, 5) is 27.7. The number of carbonyl (C=O) groups excluding carboxylic acids is 2. The van der Waals surface area contributed by atoms with E-state index in [1.54, 1.807) is 23.1 Å². The molecule has 1 aliphatic heterocycles. The molecule has 0 spiro atoms. The fourth-order valence-corrected chi connectivity index (χ4v) is 3.72. The Morgan fingerprint density at radius 2 is 1.85 bits per heavy atom. The van der Waals surface area contributed by atoms with E-state index in [4.69, 9.17) is 4.74 Å². The van der Waals surface area contributed by atoms with Crippen molar-refractivity contribution in [1.29, 1.82) is 0 Å². The number of rotatable bonds is 5. The van der Waals surface area contributed by atoms with Crippen LogP contribution in [0.1, 0.15) is 12.5 Å². The Labute approximate surface area is 162 Å². The summed E-state index contributed by atoms with van der Waals surface area (Å²) in [5, 5.41) is 8.81. The lowest BCUT2D eigenvalue weighted by atomic mass is 10.2. The Hall–Kier alpha value is -2.55. The zero-order chi connectivity index (χ0) is 19.2. The van der Waals surface area contributed by atoms with Crippen molar-refractivity contribution in [2.45, 2.75) is 19.0 Å². The average molecular weight is 389 g/mol. The minimum Gasteiger partial charge on any atom is -0.450 e. The summed E-state index contributed by atoms with van der Waals surface area (Å²) < 4.78 is 6.89. The smallest absolute Gasteiger partial charge is 0.409 e. The quantitative estimate of drug-likeness (QED) is 0.728. The Morgan fingerprint density at radius 1 is 1.15 bits per heavy atom. The van der Waals surface area contributed by atoms with Crippen molar-refractivity contribution in [3.05, 3.63) is 36.2 Å². The summed E-state index contributed by atoms with van der Waals surface area (Å²) >= 11 is 1.37. The summed E-state index contributed by atoms with van der Waals surface area (Å²) in [5.41, 5.74) is 2.11. The predicted octanol–water partition coefficient (Wildman–Crippen LogP) is 1.97. The topological polar surface area (TPSA) is 80.6 Å². The van der Waals surface area contributed by atoms with E-state index in [0.29, 0.717) is 37.9 Å². The molecule has 0 radical (unpaired) electrons. The van der Waals surface area contributed by atoms with Gasteiger partial charge in [-0.15, -0.1) is 10.2 Å². The van der Waals surface area contributed by atoms with Crippen molar-refractivity contribution in [2.24, 2.45) is 0 Å². The largest absolute Gasteiger partial charge is 0.450 e. The van der Waals surface area contributed by atoms with Crippen LogP contribution in [-0.2, 0) is 9.53 Å². The van der Waals surface area contributed by atoms with E-state index in [1.165, 1.54) is 11.8 Å². The van der Waals surface area contributed by atoms with Crippen LogP contribution in [0.5, 0.6) is 0 Å². The lowest BCUT2D eigenvalue weighted by Gasteiger charge is -2.34. The number of amides is 2. The van der Waals surface area contributed by atoms with Crippen LogP contribution in [0, 0.1) is 6.92 Å². The fourth-order valence-electron chi connectivity index (χ4n) is 2.89. The molecule has 1 saturated heterocycles. The van der Waals surface area contributed by atoms with Crippen molar-refractivity contribution >= 4 is 23.8 Å². The lowest BCUT2D eigenvalue weighted by Crippen LogP contribution is -2.51. The minimum absolute atomic E-state index is 0.0304. The summed E-state index contributed by atoms with van der Waals surface area (Å²) in [5.74, 6) is 0.312. The number of aryl methyl sites for hydroxylation is 1. The summed E-state index contributed by atoms with van der Waals surface area (Å²) in [7, 11) is 0.